The summed E-state index contributed by atoms with van der Waals surface area (Å²) in [4.78, 5) is 15.3. The summed E-state index contributed by atoms with van der Waals surface area (Å²) in [6.45, 7) is 2.24. The standard InChI is InChI=1S/C11H21N3O3/c1-9(12)14-8-6-4-5-7-11(13,17-3)10(15)16-2/h4,6H,5,7-8,13H2,1-3H3,(H2,12,14)/b6-4-. The van der Waals surface area contributed by atoms with Gasteiger partial charge in [-0.1, -0.05) is 12.2 Å². The molecule has 0 heterocycles. The lowest BCUT2D eigenvalue weighted by molar-refractivity contribution is -0.166. The van der Waals surface area contributed by atoms with Crippen molar-refractivity contribution in [2.75, 3.05) is 20.8 Å². The van der Waals surface area contributed by atoms with Gasteiger partial charge in [-0.15, -0.1) is 0 Å². The van der Waals surface area contributed by atoms with E-state index in [1.165, 1.54) is 14.2 Å². The Morgan fingerprint density at radius 3 is 2.53 bits per heavy atom. The van der Waals surface area contributed by atoms with E-state index >= 15 is 0 Å². The molecule has 0 aliphatic heterocycles. The molecule has 1 unspecified atom stereocenters. The molecule has 6 nitrogen and oxygen atoms in total. The van der Waals surface area contributed by atoms with Crippen LogP contribution >= 0.6 is 0 Å². The molecule has 0 fully saturated rings. The average molecular weight is 243 g/mol. The zero-order chi connectivity index (χ0) is 13.3. The normalized spacial score (nSPS) is 15.9. The minimum Gasteiger partial charge on any atom is -0.466 e. The fourth-order valence-corrected chi connectivity index (χ4v) is 1.15. The first-order chi connectivity index (χ1) is 7.96. The van der Waals surface area contributed by atoms with Gasteiger partial charge in [0.2, 0.25) is 5.72 Å². The van der Waals surface area contributed by atoms with E-state index in [2.05, 4.69) is 9.73 Å². The quantitative estimate of drug-likeness (QED) is 0.218. The van der Waals surface area contributed by atoms with Crippen LogP contribution in [-0.2, 0) is 14.3 Å². The molecular weight excluding hydrogens is 222 g/mol. The summed E-state index contributed by atoms with van der Waals surface area (Å²) in [5.74, 6) is -0.0431. The molecule has 0 radical (unpaired) electrons. The third kappa shape index (κ3) is 6.03. The van der Waals surface area contributed by atoms with Crippen molar-refractivity contribution in [3.05, 3.63) is 12.2 Å². The van der Waals surface area contributed by atoms with E-state index in [1.54, 1.807) is 6.92 Å². The zero-order valence-corrected chi connectivity index (χ0v) is 10.6. The van der Waals surface area contributed by atoms with Crippen LogP contribution in [-0.4, -0.2) is 38.3 Å². The number of rotatable bonds is 7. The van der Waals surface area contributed by atoms with Gasteiger partial charge in [-0.3, -0.25) is 10.7 Å². The predicted octanol–water partition coefficient (Wildman–Crippen LogP) is 0.174. The van der Waals surface area contributed by atoms with E-state index in [4.69, 9.17) is 16.2 Å². The maximum absolute atomic E-state index is 11.3. The molecule has 0 amide bonds. The van der Waals surface area contributed by atoms with Crippen molar-refractivity contribution in [2.24, 2.45) is 16.5 Å². The summed E-state index contributed by atoms with van der Waals surface area (Å²) >= 11 is 0. The number of amidine groups is 1. The molecular formula is C11H21N3O3. The predicted molar refractivity (Wildman–Crippen MR) is 66.5 cm³/mol. The van der Waals surface area contributed by atoms with Crippen molar-refractivity contribution in [1.82, 2.24) is 0 Å². The Labute approximate surface area is 102 Å². The van der Waals surface area contributed by atoms with Crippen molar-refractivity contribution in [2.45, 2.75) is 25.5 Å². The molecule has 0 aliphatic carbocycles. The van der Waals surface area contributed by atoms with Crippen LogP contribution in [0, 0.1) is 0 Å². The average Bonchev–Trinajstić information content (AvgIpc) is 2.31. The monoisotopic (exact) mass is 243 g/mol. The molecule has 4 N–H and O–H groups in total. The third-order valence-corrected chi connectivity index (χ3v) is 2.19. The van der Waals surface area contributed by atoms with Crippen LogP contribution < -0.4 is 11.5 Å². The van der Waals surface area contributed by atoms with Crippen molar-refractivity contribution in [3.63, 3.8) is 0 Å². The highest BCUT2D eigenvalue weighted by Crippen LogP contribution is 2.12. The number of hydrogen-bond acceptors (Lipinski definition) is 5. The van der Waals surface area contributed by atoms with E-state index in [-0.39, 0.29) is 0 Å². The molecule has 0 aromatic rings. The van der Waals surface area contributed by atoms with Crippen LogP contribution in [0.25, 0.3) is 0 Å². The van der Waals surface area contributed by atoms with Gasteiger partial charge in [-0.05, 0) is 13.3 Å². The number of methoxy groups -OCH3 is 2. The fourth-order valence-electron chi connectivity index (χ4n) is 1.15. The number of hydrogen-bond donors (Lipinski definition) is 2. The SMILES string of the molecule is COC(=O)C(N)(CC/C=C\CN=C(C)N)OC. The van der Waals surface area contributed by atoms with Gasteiger partial charge in [0.25, 0.3) is 0 Å². The van der Waals surface area contributed by atoms with Gasteiger partial charge in [0.1, 0.15) is 0 Å². The maximum Gasteiger partial charge on any atom is 0.353 e. The van der Waals surface area contributed by atoms with Crippen molar-refractivity contribution < 1.29 is 14.3 Å². The lowest BCUT2D eigenvalue weighted by Crippen LogP contribution is -2.50. The molecule has 0 rings (SSSR count). The number of carbonyl (C=O) groups is 1. The summed E-state index contributed by atoms with van der Waals surface area (Å²) < 4.78 is 9.52. The van der Waals surface area contributed by atoms with Gasteiger partial charge < -0.3 is 15.2 Å². The number of aliphatic imine (C=N–C) groups is 1. The van der Waals surface area contributed by atoms with Crippen molar-refractivity contribution in [3.8, 4) is 0 Å². The van der Waals surface area contributed by atoms with Gasteiger partial charge in [-0.2, -0.15) is 0 Å². The Bertz CT molecular complexity index is 298. The Balaban J connectivity index is 4.08. The van der Waals surface area contributed by atoms with Crippen molar-refractivity contribution in [1.29, 1.82) is 0 Å². The van der Waals surface area contributed by atoms with Gasteiger partial charge in [0.05, 0.1) is 19.5 Å². The first-order valence-corrected chi connectivity index (χ1v) is 5.30. The molecule has 0 saturated carbocycles. The van der Waals surface area contributed by atoms with Crippen LogP contribution in [0.1, 0.15) is 19.8 Å². The Morgan fingerprint density at radius 2 is 2.06 bits per heavy atom. The maximum atomic E-state index is 11.3. The largest absolute Gasteiger partial charge is 0.466 e. The molecule has 17 heavy (non-hydrogen) atoms. The molecule has 0 aromatic heterocycles. The van der Waals surface area contributed by atoms with Gasteiger partial charge in [0.15, 0.2) is 0 Å². The Morgan fingerprint density at radius 1 is 1.41 bits per heavy atom. The van der Waals surface area contributed by atoms with Crippen LogP contribution in [0.3, 0.4) is 0 Å². The molecule has 98 valence electrons. The fraction of sp³-hybridized carbons (Fsp3) is 0.636. The molecule has 0 aliphatic rings. The number of carbonyl (C=O) groups excluding carboxylic acids is 1. The summed E-state index contributed by atoms with van der Waals surface area (Å²) in [5.41, 5.74) is 9.72. The Kier molecular flexibility index (Phi) is 7.16. The van der Waals surface area contributed by atoms with Gasteiger partial charge in [0, 0.05) is 13.5 Å². The molecule has 6 heteroatoms. The summed E-state index contributed by atoms with van der Waals surface area (Å²) in [7, 11) is 2.65. The molecule has 0 aromatic carbocycles. The minimum absolute atomic E-state index is 0.345. The third-order valence-electron chi connectivity index (χ3n) is 2.19. The van der Waals surface area contributed by atoms with E-state index < -0.39 is 11.7 Å². The molecule has 0 spiro atoms. The highest BCUT2D eigenvalue weighted by Gasteiger charge is 2.34. The highest BCUT2D eigenvalue weighted by molar-refractivity contribution is 5.78. The van der Waals surface area contributed by atoms with E-state index in [0.717, 1.165) is 0 Å². The lowest BCUT2D eigenvalue weighted by atomic mass is 10.1. The Hall–Kier alpha value is -1.40. The smallest absolute Gasteiger partial charge is 0.353 e. The number of allylic oxidation sites excluding steroid dienone is 1. The highest BCUT2D eigenvalue weighted by atomic mass is 16.6. The van der Waals surface area contributed by atoms with E-state index in [1.807, 2.05) is 12.2 Å². The van der Waals surface area contributed by atoms with E-state index in [0.29, 0.717) is 25.2 Å². The first-order valence-electron chi connectivity index (χ1n) is 5.30. The molecule has 0 saturated heterocycles. The van der Waals surface area contributed by atoms with Crippen LogP contribution in [0.2, 0.25) is 0 Å². The summed E-state index contributed by atoms with van der Waals surface area (Å²) in [6, 6.07) is 0. The number of nitrogens with zero attached hydrogens (tertiary/aromatic N) is 1. The lowest BCUT2D eigenvalue weighted by Gasteiger charge is -2.23. The summed E-state index contributed by atoms with van der Waals surface area (Å²) in [5, 5.41) is 0. The minimum atomic E-state index is -1.38. The van der Waals surface area contributed by atoms with Crippen molar-refractivity contribution >= 4 is 11.8 Å². The summed E-state index contributed by atoms with van der Waals surface area (Å²) in [6.07, 6.45) is 4.66. The number of esters is 1. The molecule has 0 bridgehead atoms. The first kappa shape index (κ1) is 15.6. The van der Waals surface area contributed by atoms with Crippen LogP contribution in [0.15, 0.2) is 17.1 Å². The topological polar surface area (TPSA) is 99.9 Å². The van der Waals surface area contributed by atoms with Crippen LogP contribution in [0.4, 0.5) is 0 Å². The molecule has 1 atom stereocenters. The van der Waals surface area contributed by atoms with Crippen LogP contribution in [0.5, 0.6) is 0 Å². The van der Waals surface area contributed by atoms with Gasteiger partial charge in [-0.25, -0.2) is 4.79 Å². The number of nitrogens with two attached hydrogens (primary N) is 2. The van der Waals surface area contributed by atoms with E-state index in [9.17, 15) is 4.79 Å². The number of ether oxygens (including phenoxy) is 2. The van der Waals surface area contributed by atoms with Gasteiger partial charge >= 0.3 is 5.97 Å². The second kappa shape index (κ2) is 7.81. The second-order valence-electron chi connectivity index (χ2n) is 3.58. The zero-order valence-electron chi connectivity index (χ0n) is 10.6. The second-order valence-corrected chi connectivity index (χ2v) is 3.58.